The van der Waals surface area contributed by atoms with Crippen LogP contribution in [0, 0.1) is 17.5 Å². The van der Waals surface area contributed by atoms with Crippen LogP contribution in [0.15, 0.2) is 28.7 Å². The Labute approximate surface area is 182 Å². The monoisotopic (exact) mass is 509 g/mol. The number of benzene rings is 2. The molecule has 0 aromatic heterocycles. The largest absolute Gasteiger partial charge is 0.417 e. The molecule has 1 aliphatic heterocycles. The van der Waals surface area contributed by atoms with Gasteiger partial charge in [0.1, 0.15) is 17.3 Å². The van der Waals surface area contributed by atoms with Gasteiger partial charge in [-0.15, -0.1) is 0 Å². The third-order valence-electron chi connectivity index (χ3n) is 5.21. The number of nitrogens with zero attached hydrogens (tertiary/aromatic N) is 2. The zero-order chi connectivity index (χ0) is 23.1. The molecule has 2 aromatic rings. The molecular weight excluding hydrogens is 492 g/mol. The van der Waals surface area contributed by atoms with E-state index in [1.54, 1.807) is 4.90 Å². The van der Waals surface area contributed by atoms with Crippen molar-refractivity contribution < 1.29 is 31.1 Å². The number of alkyl halides is 3. The van der Waals surface area contributed by atoms with Crippen LogP contribution in [0.5, 0.6) is 0 Å². The number of amides is 1. The minimum atomic E-state index is -5.01. The maximum Gasteiger partial charge on any atom is 0.417 e. The second-order valence-corrected chi connectivity index (χ2v) is 8.09. The van der Waals surface area contributed by atoms with Crippen LogP contribution in [0.1, 0.15) is 22.8 Å². The van der Waals surface area contributed by atoms with E-state index in [0.29, 0.717) is 31.8 Å². The Kier molecular flexibility index (Phi) is 6.56. The number of carbonyl (C=O) groups is 1. The topological polar surface area (TPSA) is 35.6 Å². The SMILES string of the molecule is C[C@H]1CN(c2cc(F)c(Br)c(F)c2NC(=O)c2ccc(F)cc2C(F)(F)F)CCN1C. The van der Waals surface area contributed by atoms with Crippen molar-refractivity contribution in [1.29, 1.82) is 0 Å². The number of nitrogens with one attached hydrogen (secondary N) is 1. The normalized spacial score (nSPS) is 17.7. The van der Waals surface area contributed by atoms with Gasteiger partial charge in [-0.1, -0.05) is 0 Å². The van der Waals surface area contributed by atoms with Crippen molar-refractivity contribution in [3.8, 4) is 0 Å². The highest BCUT2D eigenvalue weighted by Crippen LogP contribution is 2.38. The van der Waals surface area contributed by atoms with E-state index >= 15 is 0 Å². The van der Waals surface area contributed by atoms with E-state index in [1.165, 1.54) is 0 Å². The van der Waals surface area contributed by atoms with Crippen LogP contribution in [-0.4, -0.2) is 43.5 Å². The van der Waals surface area contributed by atoms with Gasteiger partial charge < -0.3 is 15.1 Å². The van der Waals surface area contributed by atoms with Gasteiger partial charge in [-0.2, -0.15) is 13.2 Å². The highest BCUT2D eigenvalue weighted by atomic mass is 79.9. The Bertz CT molecular complexity index is 1010. The van der Waals surface area contributed by atoms with Gasteiger partial charge in [-0.3, -0.25) is 4.79 Å². The minimum Gasteiger partial charge on any atom is -0.367 e. The van der Waals surface area contributed by atoms with Crippen molar-refractivity contribution in [3.05, 3.63) is 57.3 Å². The Morgan fingerprint density at radius 2 is 1.84 bits per heavy atom. The molecule has 0 radical (unpaired) electrons. The Hall–Kier alpha value is -2.27. The zero-order valence-corrected chi connectivity index (χ0v) is 18.0. The van der Waals surface area contributed by atoms with Crippen LogP contribution >= 0.6 is 15.9 Å². The van der Waals surface area contributed by atoms with Crippen LogP contribution in [0.3, 0.4) is 0 Å². The van der Waals surface area contributed by atoms with E-state index in [9.17, 15) is 31.1 Å². The summed E-state index contributed by atoms with van der Waals surface area (Å²) in [7, 11) is 1.89. The molecule has 1 N–H and O–H groups in total. The van der Waals surface area contributed by atoms with Crippen molar-refractivity contribution >= 4 is 33.2 Å². The predicted molar refractivity (Wildman–Crippen MR) is 108 cm³/mol. The van der Waals surface area contributed by atoms with E-state index in [-0.39, 0.29) is 17.8 Å². The first-order valence-electron chi connectivity index (χ1n) is 9.21. The number of likely N-dealkylation sites (N-methyl/N-ethyl adjacent to an activating group) is 1. The summed E-state index contributed by atoms with van der Waals surface area (Å²) in [5, 5.41) is 2.13. The highest BCUT2D eigenvalue weighted by molar-refractivity contribution is 9.10. The van der Waals surface area contributed by atoms with E-state index in [2.05, 4.69) is 21.2 Å². The van der Waals surface area contributed by atoms with Gasteiger partial charge in [0.15, 0.2) is 5.82 Å². The Balaban J connectivity index is 2.04. The van der Waals surface area contributed by atoms with Gasteiger partial charge in [0, 0.05) is 31.7 Å². The molecule has 4 nitrogen and oxygen atoms in total. The summed E-state index contributed by atoms with van der Waals surface area (Å²) in [5.41, 5.74) is -2.84. The van der Waals surface area contributed by atoms with Gasteiger partial charge in [0.2, 0.25) is 0 Å². The number of carbonyl (C=O) groups excluding carboxylic acids is 1. The zero-order valence-electron chi connectivity index (χ0n) is 16.5. The molecule has 2 aromatic carbocycles. The molecule has 0 bridgehead atoms. The molecule has 0 unspecified atom stereocenters. The maximum atomic E-state index is 14.9. The summed E-state index contributed by atoms with van der Waals surface area (Å²) in [6, 6.07) is 2.59. The van der Waals surface area contributed by atoms with Crippen molar-refractivity contribution in [2.45, 2.75) is 19.1 Å². The smallest absolute Gasteiger partial charge is 0.367 e. The molecular formula is C20H18BrF6N3O. The van der Waals surface area contributed by atoms with Crippen molar-refractivity contribution in [1.82, 2.24) is 4.90 Å². The van der Waals surface area contributed by atoms with E-state index in [1.807, 2.05) is 18.9 Å². The lowest BCUT2D eigenvalue weighted by Crippen LogP contribution is -2.50. The summed E-state index contributed by atoms with van der Waals surface area (Å²) in [6.07, 6.45) is -5.01. The molecule has 3 rings (SSSR count). The Morgan fingerprint density at radius 1 is 1.16 bits per heavy atom. The van der Waals surface area contributed by atoms with E-state index < -0.39 is 50.8 Å². The average molecular weight is 510 g/mol. The molecule has 11 heteroatoms. The lowest BCUT2D eigenvalue weighted by atomic mass is 10.1. The van der Waals surface area contributed by atoms with Crippen molar-refractivity contribution in [3.63, 3.8) is 0 Å². The first-order chi connectivity index (χ1) is 14.4. The lowest BCUT2D eigenvalue weighted by Gasteiger charge is -2.39. The fourth-order valence-electron chi connectivity index (χ4n) is 3.35. The Morgan fingerprint density at radius 3 is 2.45 bits per heavy atom. The molecule has 1 heterocycles. The van der Waals surface area contributed by atoms with Crippen LogP contribution in [0.4, 0.5) is 37.7 Å². The predicted octanol–water partition coefficient (Wildman–Crippen LogP) is 5.28. The first kappa shape index (κ1) is 23.4. The summed E-state index contributed by atoms with van der Waals surface area (Å²) in [5.74, 6) is -4.56. The minimum absolute atomic E-state index is 0.00201. The van der Waals surface area contributed by atoms with Crippen LogP contribution in [0.2, 0.25) is 0 Å². The fourth-order valence-corrected chi connectivity index (χ4v) is 3.66. The maximum absolute atomic E-state index is 14.9. The van der Waals surface area contributed by atoms with Gasteiger partial charge in [0.05, 0.1) is 21.3 Å². The summed E-state index contributed by atoms with van der Waals surface area (Å²) in [6.45, 7) is 3.24. The number of hydrogen-bond donors (Lipinski definition) is 1. The van der Waals surface area contributed by atoms with Gasteiger partial charge in [-0.05, 0) is 48.1 Å². The molecule has 0 aliphatic carbocycles. The highest BCUT2D eigenvalue weighted by Gasteiger charge is 2.36. The molecule has 1 fully saturated rings. The molecule has 1 aliphatic rings. The first-order valence-corrected chi connectivity index (χ1v) is 10.00. The van der Waals surface area contributed by atoms with Crippen molar-refractivity contribution in [2.75, 3.05) is 36.9 Å². The number of anilines is 2. The molecule has 1 saturated heterocycles. The van der Waals surface area contributed by atoms with Crippen LogP contribution in [-0.2, 0) is 6.18 Å². The lowest BCUT2D eigenvalue weighted by molar-refractivity contribution is -0.138. The third kappa shape index (κ3) is 4.82. The molecule has 0 spiro atoms. The van der Waals surface area contributed by atoms with Gasteiger partial charge in [-0.25, -0.2) is 13.2 Å². The molecule has 0 saturated carbocycles. The standard InChI is InChI=1S/C20H18BrF6N3O/c1-10-9-30(6-5-29(10)2)15-8-14(23)16(21)17(24)18(15)28-19(31)12-4-3-11(22)7-13(12)20(25,26)27/h3-4,7-8,10H,5-6,9H2,1-2H3,(H,28,31)/t10-/m0/s1. The number of halogens is 7. The molecule has 31 heavy (non-hydrogen) atoms. The molecule has 168 valence electrons. The molecule has 1 atom stereocenters. The average Bonchev–Trinajstić information content (AvgIpc) is 2.69. The van der Waals surface area contributed by atoms with Crippen LogP contribution in [0.25, 0.3) is 0 Å². The second-order valence-electron chi connectivity index (χ2n) is 7.30. The van der Waals surface area contributed by atoms with E-state index in [0.717, 1.165) is 6.07 Å². The molecule has 1 amide bonds. The summed E-state index contributed by atoms with van der Waals surface area (Å²) >= 11 is 2.75. The number of piperazine rings is 1. The van der Waals surface area contributed by atoms with Gasteiger partial charge in [0.25, 0.3) is 5.91 Å². The third-order valence-corrected chi connectivity index (χ3v) is 5.94. The van der Waals surface area contributed by atoms with Crippen molar-refractivity contribution in [2.24, 2.45) is 0 Å². The van der Waals surface area contributed by atoms with Crippen LogP contribution < -0.4 is 10.2 Å². The number of hydrogen-bond acceptors (Lipinski definition) is 3. The number of rotatable bonds is 3. The summed E-state index contributed by atoms with van der Waals surface area (Å²) in [4.78, 5) is 16.3. The van der Waals surface area contributed by atoms with E-state index in [4.69, 9.17) is 0 Å². The quantitative estimate of drug-likeness (QED) is 0.451. The fraction of sp³-hybridized carbons (Fsp3) is 0.350. The summed E-state index contributed by atoms with van der Waals surface area (Å²) < 4.78 is 81.8. The van der Waals surface area contributed by atoms with Gasteiger partial charge >= 0.3 is 6.18 Å². The second kappa shape index (κ2) is 8.70.